The van der Waals surface area contributed by atoms with Gasteiger partial charge in [-0.2, -0.15) is 0 Å². The first-order valence-corrected chi connectivity index (χ1v) is 5.39. The molecule has 0 aliphatic heterocycles. The largest absolute Gasteiger partial charge is 0.346 e. The molecule has 0 bridgehead atoms. The van der Waals surface area contributed by atoms with Crippen LogP contribution in [0.2, 0.25) is 0 Å². The summed E-state index contributed by atoms with van der Waals surface area (Å²) in [5.41, 5.74) is 0.409. The van der Waals surface area contributed by atoms with Crippen molar-refractivity contribution in [3.05, 3.63) is 23.9 Å². The van der Waals surface area contributed by atoms with Crippen LogP contribution >= 0.6 is 0 Å². The van der Waals surface area contributed by atoms with Crippen LogP contribution in [0.25, 0.3) is 0 Å². The van der Waals surface area contributed by atoms with Gasteiger partial charge >= 0.3 is 0 Å². The fraction of sp³-hybridized carbons (Fsp3) is 0.583. The normalized spacial score (nSPS) is 20.4. The molecule has 0 aromatic rings. The minimum absolute atomic E-state index is 0.240. The van der Waals surface area contributed by atoms with Gasteiger partial charge in [0.25, 0.3) is 0 Å². The van der Waals surface area contributed by atoms with Crippen molar-refractivity contribution in [2.45, 2.75) is 18.5 Å². The predicted molar refractivity (Wildman–Crippen MR) is 64.5 cm³/mol. The fourth-order valence-corrected chi connectivity index (χ4v) is 1.75. The summed E-state index contributed by atoms with van der Waals surface area (Å²) in [4.78, 5) is 11.3. The molecule has 0 saturated carbocycles. The van der Waals surface area contributed by atoms with Crippen molar-refractivity contribution < 1.29 is 23.7 Å². The van der Waals surface area contributed by atoms with Gasteiger partial charge in [-0.05, 0) is 12.2 Å². The van der Waals surface area contributed by atoms with Gasteiger partial charge in [-0.1, -0.05) is 0 Å². The van der Waals surface area contributed by atoms with Crippen LogP contribution in [0.5, 0.6) is 0 Å². The third kappa shape index (κ3) is 2.62. The average molecular weight is 257 g/mol. The molecular weight excluding hydrogens is 238 g/mol. The standard InChI is InChI=1S/C12H19NO5/c1-9(14)13-10-8-11(15-2,16-3)6-7-12(10,17-4)18-5/h6-8H,1-5H3,(H,13,14). The Hall–Kier alpha value is -1.21. The van der Waals surface area contributed by atoms with E-state index >= 15 is 0 Å². The molecule has 0 spiro atoms. The third-order valence-corrected chi connectivity index (χ3v) is 2.81. The highest BCUT2D eigenvalue weighted by Gasteiger charge is 2.41. The number of methoxy groups -OCH3 is 4. The van der Waals surface area contributed by atoms with Crippen molar-refractivity contribution in [3.63, 3.8) is 0 Å². The molecule has 0 unspecified atom stereocenters. The van der Waals surface area contributed by atoms with E-state index in [0.717, 1.165) is 0 Å². The zero-order valence-electron chi connectivity index (χ0n) is 11.3. The van der Waals surface area contributed by atoms with E-state index < -0.39 is 11.6 Å². The first-order valence-electron chi connectivity index (χ1n) is 5.39. The van der Waals surface area contributed by atoms with Crippen LogP contribution in [-0.2, 0) is 23.7 Å². The lowest BCUT2D eigenvalue weighted by molar-refractivity contribution is -0.169. The molecule has 0 atom stereocenters. The van der Waals surface area contributed by atoms with E-state index in [1.54, 1.807) is 18.2 Å². The number of amides is 1. The Balaban J connectivity index is 3.20. The zero-order chi connectivity index (χ0) is 13.8. The fourth-order valence-electron chi connectivity index (χ4n) is 1.75. The van der Waals surface area contributed by atoms with Crippen LogP contribution in [0.1, 0.15) is 6.92 Å². The minimum Gasteiger partial charge on any atom is -0.346 e. The van der Waals surface area contributed by atoms with E-state index in [4.69, 9.17) is 18.9 Å². The first kappa shape index (κ1) is 14.8. The van der Waals surface area contributed by atoms with E-state index in [9.17, 15) is 4.79 Å². The van der Waals surface area contributed by atoms with Gasteiger partial charge in [0.1, 0.15) is 0 Å². The van der Waals surface area contributed by atoms with Crippen LogP contribution in [0.4, 0.5) is 0 Å². The summed E-state index contributed by atoms with van der Waals surface area (Å²) in [7, 11) is 5.97. The highest BCUT2D eigenvalue weighted by molar-refractivity contribution is 5.75. The molecule has 1 aliphatic carbocycles. The van der Waals surface area contributed by atoms with Crippen molar-refractivity contribution >= 4 is 5.91 Å². The van der Waals surface area contributed by atoms with Crippen molar-refractivity contribution in [1.29, 1.82) is 0 Å². The smallest absolute Gasteiger partial charge is 0.230 e. The Bertz CT molecular complexity index is 367. The van der Waals surface area contributed by atoms with E-state index in [2.05, 4.69) is 5.32 Å². The molecule has 0 fully saturated rings. The van der Waals surface area contributed by atoms with E-state index in [1.807, 2.05) is 0 Å². The summed E-state index contributed by atoms with van der Waals surface area (Å²) >= 11 is 0. The maximum Gasteiger partial charge on any atom is 0.230 e. The number of hydrogen-bond acceptors (Lipinski definition) is 5. The van der Waals surface area contributed by atoms with E-state index in [0.29, 0.717) is 5.70 Å². The van der Waals surface area contributed by atoms with E-state index in [-0.39, 0.29) is 5.91 Å². The third-order valence-electron chi connectivity index (χ3n) is 2.81. The maximum atomic E-state index is 11.3. The summed E-state index contributed by atoms with van der Waals surface area (Å²) < 4.78 is 21.2. The quantitative estimate of drug-likeness (QED) is 0.575. The summed E-state index contributed by atoms with van der Waals surface area (Å²) in [6.07, 6.45) is 4.89. The van der Waals surface area contributed by atoms with Gasteiger partial charge in [-0.15, -0.1) is 0 Å². The van der Waals surface area contributed by atoms with Crippen LogP contribution in [0, 0.1) is 0 Å². The number of hydrogen-bond donors (Lipinski definition) is 1. The van der Waals surface area contributed by atoms with Crippen LogP contribution in [0.15, 0.2) is 23.9 Å². The topological polar surface area (TPSA) is 66.0 Å². The Labute approximate surface area is 107 Å². The van der Waals surface area contributed by atoms with Gasteiger partial charge in [-0.25, -0.2) is 0 Å². The second kappa shape index (κ2) is 5.62. The van der Waals surface area contributed by atoms with Crippen molar-refractivity contribution in [2.24, 2.45) is 0 Å². The molecule has 102 valence electrons. The molecule has 0 aromatic heterocycles. The summed E-state index contributed by atoms with van der Waals surface area (Å²) in [5.74, 6) is -2.43. The monoisotopic (exact) mass is 257 g/mol. The molecule has 0 saturated heterocycles. The number of nitrogens with one attached hydrogen (secondary N) is 1. The van der Waals surface area contributed by atoms with Crippen LogP contribution < -0.4 is 5.32 Å². The lowest BCUT2D eigenvalue weighted by Crippen LogP contribution is -2.47. The predicted octanol–water partition coefficient (Wildman–Crippen LogP) is 0.554. The lowest BCUT2D eigenvalue weighted by Gasteiger charge is -2.37. The highest BCUT2D eigenvalue weighted by Crippen LogP contribution is 2.32. The van der Waals surface area contributed by atoms with Crippen LogP contribution in [-0.4, -0.2) is 45.9 Å². The van der Waals surface area contributed by atoms with Gasteiger partial charge in [0.05, 0.1) is 5.70 Å². The molecule has 1 aliphatic rings. The highest BCUT2D eigenvalue weighted by atomic mass is 16.7. The number of rotatable bonds is 5. The molecule has 1 amide bonds. The summed E-state index contributed by atoms with van der Waals surface area (Å²) in [6, 6.07) is 0. The summed E-state index contributed by atoms with van der Waals surface area (Å²) in [5, 5.41) is 2.66. The van der Waals surface area contributed by atoms with Gasteiger partial charge in [0.15, 0.2) is 0 Å². The summed E-state index contributed by atoms with van der Waals surface area (Å²) in [6.45, 7) is 1.40. The Kier molecular flexibility index (Phi) is 4.64. The molecule has 1 rings (SSSR count). The molecule has 6 heteroatoms. The molecular formula is C12H19NO5. The second-order valence-corrected chi connectivity index (χ2v) is 3.78. The van der Waals surface area contributed by atoms with Crippen molar-refractivity contribution in [2.75, 3.05) is 28.4 Å². The van der Waals surface area contributed by atoms with Crippen molar-refractivity contribution in [3.8, 4) is 0 Å². The Morgan fingerprint density at radius 2 is 1.61 bits per heavy atom. The number of carbonyl (C=O) groups is 1. The van der Waals surface area contributed by atoms with Crippen LogP contribution in [0.3, 0.4) is 0 Å². The number of carbonyl (C=O) groups excluding carboxylic acids is 1. The SMILES string of the molecule is COC1(OC)C=CC(OC)(OC)C(NC(C)=O)=C1. The van der Waals surface area contributed by atoms with Crippen molar-refractivity contribution in [1.82, 2.24) is 5.32 Å². The molecule has 6 nitrogen and oxygen atoms in total. The zero-order valence-corrected chi connectivity index (χ0v) is 11.3. The first-order chi connectivity index (χ1) is 8.47. The van der Waals surface area contributed by atoms with Gasteiger partial charge in [-0.3, -0.25) is 4.79 Å². The van der Waals surface area contributed by atoms with Gasteiger partial charge < -0.3 is 24.3 Å². The molecule has 18 heavy (non-hydrogen) atoms. The molecule has 0 aromatic carbocycles. The number of ether oxygens (including phenoxy) is 4. The molecule has 0 radical (unpaired) electrons. The van der Waals surface area contributed by atoms with E-state index in [1.165, 1.54) is 35.4 Å². The average Bonchev–Trinajstić information content (AvgIpc) is 2.38. The molecule has 0 heterocycles. The lowest BCUT2D eigenvalue weighted by atomic mass is 10.0. The second-order valence-electron chi connectivity index (χ2n) is 3.78. The van der Waals surface area contributed by atoms with Gasteiger partial charge in [0, 0.05) is 41.4 Å². The minimum atomic E-state index is -1.15. The Morgan fingerprint density at radius 1 is 1.06 bits per heavy atom. The Morgan fingerprint density at radius 3 is 2.00 bits per heavy atom. The van der Waals surface area contributed by atoms with Gasteiger partial charge in [0.2, 0.25) is 17.5 Å². The maximum absolute atomic E-state index is 11.3. The molecule has 1 N–H and O–H groups in total.